The molecule has 0 saturated heterocycles. The summed E-state index contributed by atoms with van der Waals surface area (Å²) in [5, 5.41) is 8.61. The van der Waals surface area contributed by atoms with E-state index in [0.29, 0.717) is 5.88 Å². The van der Waals surface area contributed by atoms with Crippen LogP contribution in [0.25, 0.3) is 0 Å². The van der Waals surface area contributed by atoms with E-state index in [1.165, 1.54) is 6.07 Å². The maximum Gasteiger partial charge on any atom is 0.371 e. The molecule has 1 rings (SSSR count). The van der Waals surface area contributed by atoms with E-state index in [9.17, 15) is 4.79 Å². The van der Waals surface area contributed by atoms with E-state index >= 15 is 0 Å². The van der Waals surface area contributed by atoms with Crippen LogP contribution in [0.1, 0.15) is 24.4 Å². The molecular weight excluding hydrogens is 170 g/mol. The number of furan rings is 1. The molecule has 1 N–H and O–H groups in total. The molecule has 0 aromatic carbocycles. The third-order valence-electron chi connectivity index (χ3n) is 1.88. The van der Waals surface area contributed by atoms with E-state index in [4.69, 9.17) is 9.52 Å². The highest BCUT2D eigenvalue weighted by Crippen LogP contribution is 2.17. The predicted octanol–water partition coefficient (Wildman–Crippen LogP) is 1.82. The number of carbonyl (C=O) groups is 1. The van der Waals surface area contributed by atoms with Crippen LogP contribution in [0.4, 0.5) is 5.88 Å². The lowest BCUT2D eigenvalue weighted by Crippen LogP contribution is -2.20. The van der Waals surface area contributed by atoms with Crippen LogP contribution in [0.2, 0.25) is 0 Å². The average Bonchev–Trinajstić information content (AvgIpc) is 2.56. The predicted molar refractivity (Wildman–Crippen MR) is 49.2 cm³/mol. The van der Waals surface area contributed by atoms with E-state index in [1.807, 2.05) is 18.7 Å². The number of aromatic carboxylic acids is 1. The van der Waals surface area contributed by atoms with Crippen molar-refractivity contribution in [2.24, 2.45) is 0 Å². The summed E-state index contributed by atoms with van der Waals surface area (Å²) in [5.74, 6) is -0.428. The first-order chi connectivity index (χ1) is 6.19. The maximum atomic E-state index is 10.5. The topological polar surface area (TPSA) is 53.7 Å². The van der Waals surface area contributed by atoms with Gasteiger partial charge in [0.15, 0.2) is 5.88 Å². The van der Waals surface area contributed by atoms with Gasteiger partial charge in [0.2, 0.25) is 5.76 Å². The minimum atomic E-state index is -1.03. The molecule has 4 heteroatoms. The molecule has 0 atom stereocenters. The van der Waals surface area contributed by atoms with Crippen LogP contribution < -0.4 is 4.90 Å². The van der Waals surface area contributed by atoms with Crippen molar-refractivity contribution < 1.29 is 14.3 Å². The first-order valence-corrected chi connectivity index (χ1v) is 4.27. The second kappa shape index (κ2) is 3.98. The molecule has 0 amide bonds. The second-order valence-electron chi connectivity index (χ2n) is 2.62. The van der Waals surface area contributed by atoms with Gasteiger partial charge in [-0.2, -0.15) is 0 Å². The van der Waals surface area contributed by atoms with E-state index in [2.05, 4.69) is 0 Å². The molecule has 0 aliphatic heterocycles. The summed E-state index contributed by atoms with van der Waals surface area (Å²) < 4.78 is 5.12. The molecular formula is C9H13NO3. The van der Waals surface area contributed by atoms with Gasteiger partial charge in [0, 0.05) is 19.2 Å². The van der Waals surface area contributed by atoms with Crippen molar-refractivity contribution in [1.29, 1.82) is 0 Å². The maximum absolute atomic E-state index is 10.5. The molecule has 1 heterocycles. The van der Waals surface area contributed by atoms with Crippen LogP contribution in [-0.4, -0.2) is 24.2 Å². The largest absolute Gasteiger partial charge is 0.475 e. The van der Waals surface area contributed by atoms with Gasteiger partial charge in [-0.15, -0.1) is 0 Å². The molecule has 1 aromatic rings. The van der Waals surface area contributed by atoms with Gasteiger partial charge in [0.25, 0.3) is 0 Å². The lowest BCUT2D eigenvalue weighted by atomic mass is 10.4. The molecule has 72 valence electrons. The number of carboxylic acids is 1. The summed E-state index contributed by atoms with van der Waals surface area (Å²) in [4.78, 5) is 12.5. The van der Waals surface area contributed by atoms with Crippen LogP contribution in [0.15, 0.2) is 16.5 Å². The smallest absolute Gasteiger partial charge is 0.371 e. The number of nitrogens with zero attached hydrogens (tertiary/aromatic N) is 1. The molecule has 0 radical (unpaired) electrons. The summed E-state index contributed by atoms with van der Waals surface area (Å²) in [5.41, 5.74) is 0. The Morgan fingerprint density at radius 3 is 2.46 bits per heavy atom. The Hall–Kier alpha value is -1.45. The molecule has 4 nitrogen and oxygen atoms in total. The van der Waals surface area contributed by atoms with E-state index < -0.39 is 5.97 Å². The molecule has 0 spiro atoms. The Kier molecular flexibility index (Phi) is 2.95. The number of carboxylic acid groups (broad SMARTS) is 1. The van der Waals surface area contributed by atoms with Crippen molar-refractivity contribution in [3.63, 3.8) is 0 Å². The Bertz CT molecular complexity index is 289. The third-order valence-corrected chi connectivity index (χ3v) is 1.88. The summed E-state index contributed by atoms with van der Waals surface area (Å²) in [6.07, 6.45) is 0. The van der Waals surface area contributed by atoms with Gasteiger partial charge in [-0.25, -0.2) is 4.79 Å². The molecule has 0 aliphatic rings. The van der Waals surface area contributed by atoms with Crippen molar-refractivity contribution in [1.82, 2.24) is 0 Å². The van der Waals surface area contributed by atoms with Crippen LogP contribution in [0.5, 0.6) is 0 Å². The van der Waals surface area contributed by atoms with Crippen LogP contribution in [-0.2, 0) is 0 Å². The molecule has 0 aliphatic carbocycles. The standard InChI is InChI=1S/C9H13NO3/c1-3-10(4-2)8-6-5-7(13-8)9(11)12/h5-6H,3-4H2,1-2H3,(H,11,12). The molecule has 0 unspecified atom stereocenters. The first kappa shape index (κ1) is 9.64. The Labute approximate surface area is 76.8 Å². The van der Waals surface area contributed by atoms with Crippen molar-refractivity contribution >= 4 is 11.9 Å². The lowest BCUT2D eigenvalue weighted by molar-refractivity contribution is 0.0663. The van der Waals surface area contributed by atoms with Gasteiger partial charge in [0.05, 0.1) is 0 Å². The van der Waals surface area contributed by atoms with Gasteiger partial charge < -0.3 is 14.4 Å². The fourth-order valence-electron chi connectivity index (χ4n) is 1.15. The van der Waals surface area contributed by atoms with Gasteiger partial charge >= 0.3 is 5.97 Å². The van der Waals surface area contributed by atoms with Crippen molar-refractivity contribution in [3.8, 4) is 0 Å². The van der Waals surface area contributed by atoms with E-state index in [-0.39, 0.29) is 5.76 Å². The van der Waals surface area contributed by atoms with Crippen LogP contribution in [0.3, 0.4) is 0 Å². The number of hydrogen-bond acceptors (Lipinski definition) is 3. The normalized spacial score (nSPS) is 10.0. The monoisotopic (exact) mass is 183 g/mol. The van der Waals surface area contributed by atoms with Crippen molar-refractivity contribution in [2.75, 3.05) is 18.0 Å². The highest BCUT2D eigenvalue weighted by Gasteiger charge is 2.11. The zero-order chi connectivity index (χ0) is 9.84. The quantitative estimate of drug-likeness (QED) is 0.773. The molecule has 0 saturated carbocycles. The third kappa shape index (κ3) is 2.02. The summed E-state index contributed by atoms with van der Waals surface area (Å²) in [6.45, 7) is 5.60. The Morgan fingerprint density at radius 2 is 2.08 bits per heavy atom. The van der Waals surface area contributed by atoms with E-state index in [1.54, 1.807) is 6.07 Å². The minimum absolute atomic E-state index is 0.0121. The molecule has 0 fully saturated rings. The van der Waals surface area contributed by atoms with Crippen LogP contribution >= 0.6 is 0 Å². The summed E-state index contributed by atoms with van der Waals surface area (Å²) in [7, 11) is 0. The fraction of sp³-hybridized carbons (Fsp3) is 0.444. The fourth-order valence-corrected chi connectivity index (χ4v) is 1.15. The van der Waals surface area contributed by atoms with Crippen LogP contribution in [0, 0.1) is 0 Å². The summed E-state index contributed by atoms with van der Waals surface area (Å²) >= 11 is 0. The second-order valence-corrected chi connectivity index (χ2v) is 2.62. The van der Waals surface area contributed by atoms with Gasteiger partial charge in [-0.3, -0.25) is 0 Å². The molecule has 0 bridgehead atoms. The molecule has 13 heavy (non-hydrogen) atoms. The number of hydrogen-bond donors (Lipinski definition) is 1. The lowest BCUT2D eigenvalue weighted by Gasteiger charge is -2.16. The summed E-state index contributed by atoms with van der Waals surface area (Å²) in [6, 6.07) is 3.15. The highest BCUT2D eigenvalue weighted by molar-refractivity contribution is 5.84. The number of rotatable bonds is 4. The zero-order valence-corrected chi connectivity index (χ0v) is 7.78. The van der Waals surface area contributed by atoms with Gasteiger partial charge in [-0.1, -0.05) is 0 Å². The first-order valence-electron chi connectivity index (χ1n) is 4.27. The SMILES string of the molecule is CCN(CC)c1ccc(C(=O)O)o1. The Morgan fingerprint density at radius 1 is 1.46 bits per heavy atom. The molecule has 1 aromatic heterocycles. The highest BCUT2D eigenvalue weighted by atomic mass is 16.4. The van der Waals surface area contributed by atoms with Crippen molar-refractivity contribution in [2.45, 2.75) is 13.8 Å². The van der Waals surface area contributed by atoms with E-state index in [0.717, 1.165) is 13.1 Å². The average molecular weight is 183 g/mol. The zero-order valence-electron chi connectivity index (χ0n) is 7.78. The van der Waals surface area contributed by atoms with Gasteiger partial charge in [0.1, 0.15) is 0 Å². The minimum Gasteiger partial charge on any atom is -0.475 e. The Balaban J connectivity index is 2.84. The van der Waals surface area contributed by atoms with Crippen molar-refractivity contribution in [3.05, 3.63) is 17.9 Å². The van der Waals surface area contributed by atoms with Gasteiger partial charge in [-0.05, 0) is 19.9 Å². The number of anilines is 1.